The van der Waals surface area contributed by atoms with Crippen LogP contribution >= 0.6 is 11.8 Å². The van der Waals surface area contributed by atoms with Gasteiger partial charge in [-0.2, -0.15) is 0 Å². The Morgan fingerprint density at radius 3 is 2.32 bits per heavy atom. The smallest absolute Gasteiger partial charge is 0.232 e. The van der Waals surface area contributed by atoms with Crippen molar-refractivity contribution < 1.29 is 9.59 Å². The number of amides is 1. The van der Waals surface area contributed by atoms with Crippen molar-refractivity contribution in [1.29, 1.82) is 5.41 Å². The first kappa shape index (κ1) is 23.8. The van der Waals surface area contributed by atoms with Gasteiger partial charge in [-0.15, -0.1) is 11.8 Å². The van der Waals surface area contributed by atoms with Gasteiger partial charge in [0.1, 0.15) is 5.84 Å². The van der Waals surface area contributed by atoms with E-state index in [2.05, 4.69) is 19.2 Å². The summed E-state index contributed by atoms with van der Waals surface area (Å²) in [4.78, 5) is 29.2. The van der Waals surface area contributed by atoms with Crippen molar-refractivity contribution >= 4 is 29.3 Å². The molecule has 6 heteroatoms. The molecule has 0 spiro atoms. The molecule has 5 nitrogen and oxygen atoms in total. The Labute approximate surface area is 191 Å². The molecule has 31 heavy (non-hydrogen) atoms. The van der Waals surface area contributed by atoms with Crippen molar-refractivity contribution in [2.75, 3.05) is 18.8 Å². The molecule has 1 unspecified atom stereocenters. The number of rotatable bonds is 10. The topological polar surface area (TPSA) is 73.3 Å². The number of benzene rings is 1. The van der Waals surface area contributed by atoms with E-state index >= 15 is 0 Å². The molecule has 2 heterocycles. The molecule has 1 amide bonds. The number of piperidine rings is 1. The minimum absolute atomic E-state index is 0.165. The van der Waals surface area contributed by atoms with Crippen LogP contribution in [0.5, 0.6) is 0 Å². The van der Waals surface area contributed by atoms with E-state index in [1.54, 1.807) is 11.8 Å². The maximum atomic E-state index is 13.5. The van der Waals surface area contributed by atoms with Gasteiger partial charge >= 0.3 is 0 Å². The molecule has 2 fully saturated rings. The maximum Gasteiger partial charge on any atom is 0.232 e. The van der Waals surface area contributed by atoms with Crippen LogP contribution in [0, 0.1) is 17.2 Å². The van der Waals surface area contributed by atoms with Crippen LogP contribution in [0.15, 0.2) is 35.2 Å². The average Bonchev–Trinajstić information content (AvgIpc) is 3.05. The normalized spacial score (nSPS) is 21.4. The van der Waals surface area contributed by atoms with Gasteiger partial charge in [0, 0.05) is 18.0 Å². The van der Waals surface area contributed by atoms with E-state index in [0.29, 0.717) is 24.7 Å². The summed E-state index contributed by atoms with van der Waals surface area (Å²) >= 11 is 1.57. The highest BCUT2D eigenvalue weighted by Gasteiger charge is 2.52. The second-order valence-corrected chi connectivity index (χ2v) is 10.0. The first-order valence-corrected chi connectivity index (χ1v) is 12.9. The SMILES string of the molecule is CCCCC1(CCCC)NC(=N)C(C2CCN(C(=O)CSc3ccccc3)CC2)C1=O. The second kappa shape index (κ2) is 11.2. The summed E-state index contributed by atoms with van der Waals surface area (Å²) in [5, 5.41) is 11.9. The average molecular weight is 444 g/mol. The molecular formula is C25H37N3O2S. The van der Waals surface area contributed by atoms with Gasteiger partial charge in [-0.3, -0.25) is 15.0 Å². The van der Waals surface area contributed by atoms with Crippen LogP contribution in [0.4, 0.5) is 0 Å². The van der Waals surface area contributed by atoms with Crippen LogP contribution < -0.4 is 5.32 Å². The lowest BCUT2D eigenvalue weighted by Crippen LogP contribution is -2.47. The highest BCUT2D eigenvalue weighted by molar-refractivity contribution is 8.00. The first-order valence-electron chi connectivity index (χ1n) is 11.9. The van der Waals surface area contributed by atoms with Gasteiger partial charge in [-0.1, -0.05) is 57.7 Å². The quantitative estimate of drug-likeness (QED) is 0.504. The van der Waals surface area contributed by atoms with Gasteiger partial charge in [0.2, 0.25) is 5.91 Å². The summed E-state index contributed by atoms with van der Waals surface area (Å²) in [5.41, 5.74) is -0.535. The standard InChI is InChI=1S/C25H37N3O2S/c1-3-5-14-25(15-6-4-2)23(30)22(24(26)27-25)19-12-16-28(17-13-19)21(29)18-31-20-10-8-7-9-11-20/h7-11,19,22H,3-6,12-18H2,1-2H3,(H2,26,27). The first-order chi connectivity index (χ1) is 15.0. The fraction of sp³-hybridized carbons (Fsp3) is 0.640. The summed E-state index contributed by atoms with van der Waals surface area (Å²) in [5.74, 6) is 1.13. The zero-order valence-electron chi connectivity index (χ0n) is 19.0. The molecule has 2 saturated heterocycles. The molecule has 0 saturated carbocycles. The van der Waals surface area contributed by atoms with Gasteiger partial charge in [0.05, 0.1) is 17.2 Å². The maximum absolute atomic E-state index is 13.5. The van der Waals surface area contributed by atoms with E-state index in [-0.39, 0.29) is 23.5 Å². The Bertz CT molecular complexity index is 751. The number of unbranched alkanes of at least 4 members (excludes halogenated alkanes) is 2. The van der Waals surface area contributed by atoms with Gasteiger partial charge < -0.3 is 10.2 Å². The van der Waals surface area contributed by atoms with Crippen LogP contribution in [0.2, 0.25) is 0 Å². The van der Waals surface area contributed by atoms with Crippen molar-refractivity contribution in [2.45, 2.75) is 75.6 Å². The number of thioether (sulfide) groups is 1. The lowest BCUT2D eigenvalue weighted by molar-refractivity contribution is -0.130. The highest BCUT2D eigenvalue weighted by Crippen LogP contribution is 2.38. The lowest BCUT2D eigenvalue weighted by atomic mass is 9.75. The molecule has 3 rings (SSSR count). The number of nitrogens with zero attached hydrogens (tertiary/aromatic N) is 1. The molecule has 2 aliphatic heterocycles. The molecular weight excluding hydrogens is 406 g/mol. The van der Waals surface area contributed by atoms with E-state index in [1.165, 1.54) is 0 Å². The predicted molar refractivity (Wildman–Crippen MR) is 128 cm³/mol. The van der Waals surface area contributed by atoms with Crippen molar-refractivity contribution in [3.8, 4) is 0 Å². The van der Waals surface area contributed by atoms with Gasteiger partial charge in [-0.25, -0.2) is 0 Å². The summed E-state index contributed by atoms with van der Waals surface area (Å²) in [6.07, 6.45) is 7.40. The molecule has 0 aliphatic carbocycles. The Hall–Kier alpha value is -1.82. The van der Waals surface area contributed by atoms with Gasteiger partial charge in [0.25, 0.3) is 0 Å². The summed E-state index contributed by atoms with van der Waals surface area (Å²) in [7, 11) is 0. The number of carbonyl (C=O) groups excluding carboxylic acids is 2. The second-order valence-electron chi connectivity index (χ2n) is 8.99. The van der Waals surface area contributed by atoms with Crippen molar-refractivity contribution in [2.24, 2.45) is 11.8 Å². The molecule has 170 valence electrons. The fourth-order valence-electron chi connectivity index (χ4n) is 4.96. The van der Waals surface area contributed by atoms with E-state index in [1.807, 2.05) is 35.2 Å². The lowest BCUT2D eigenvalue weighted by Gasteiger charge is -2.34. The van der Waals surface area contributed by atoms with Crippen LogP contribution in [-0.4, -0.2) is 46.8 Å². The number of hydrogen-bond acceptors (Lipinski definition) is 4. The number of Topliss-reactive ketones (excluding diaryl/α,β-unsaturated/α-hetero) is 1. The molecule has 0 radical (unpaired) electrons. The number of amidine groups is 1. The van der Waals surface area contributed by atoms with E-state index in [0.717, 1.165) is 56.3 Å². The highest BCUT2D eigenvalue weighted by atomic mass is 32.2. The number of carbonyl (C=O) groups is 2. The number of hydrogen-bond donors (Lipinski definition) is 2. The predicted octanol–water partition coefficient (Wildman–Crippen LogP) is 4.90. The molecule has 2 N–H and O–H groups in total. The largest absolute Gasteiger partial charge is 0.361 e. The zero-order chi connectivity index (χ0) is 22.3. The van der Waals surface area contributed by atoms with E-state index in [4.69, 9.17) is 5.41 Å². The monoisotopic (exact) mass is 443 g/mol. The Balaban J connectivity index is 1.56. The van der Waals surface area contributed by atoms with Gasteiger partial charge in [-0.05, 0) is 43.7 Å². The summed E-state index contributed by atoms with van der Waals surface area (Å²) in [6, 6.07) is 10.0. The molecule has 2 aliphatic rings. The Morgan fingerprint density at radius 1 is 1.13 bits per heavy atom. The number of likely N-dealkylation sites (tertiary alicyclic amines) is 1. The molecule has 1 aromatic rings. The Kier molecular flexibility index (Phi) is 8.58. The fourth-order valence-corrected chi connectivity index (χ4v) is 5.79. The molecule has 0 bridgehead atoms. The molecule has 0 aromatic heterocycles. The van der Waals surface area contributed by atoms with Crippen molar-refractivity contribution in [1.82, 2.24) is 10.2 Å². The Morgan fingerprint density at radius 2 is 1.74 bits per heavy atom. The minimum atomic E-state index is -0.535. The third kappa shape index (κ3) is 5.71. The summed E-state index contributed by atoms with van der Waals surface area (Å²) < 4.78 is 0. The van der Waals surface area contributed by atoms with Crippen LogP contribution in [0.3, 0.4) is 0 Å². The van der Waals surface area contributed by atoms with Crippen LogP contribution in [0.25, 0.3) is 0 Å². The zero-order valence-corrected chi connectivity index (χ0v) is 19.8. The van der Waals surface area contributed by atoms with E-state index < -0.39 is 5.54 Å². The van der Waals surface area contributed by atoms with Crippen molar-refractivity contribution in [3.05, 3.63) is 30.3 Å². The molecule has 1 aromatic carbocycles. The third-order valence-electron chi connectivity index (χ3n) is 6.82. The minimum Gasteiger partial charge on any atom is -0.361 e. The van der Waals surface area contributed by atoms with Gasteiger partial charge in [0.15, 0.2) is 5.78 Å². The number of nitrogens with one attached hydrogen (secondary N) is 2. The van der Waals surface area contributed by atoms with Crippen LogP contribution in [0.1, 0.15) is 65.2 Å². The summed E-state index contributed by atoms with van der Waals surface area (Å²) in [6.45, 7) is 5.68. The molecule has 1 atom stereocenters. The third-order valence-corrected chi connectivity index (χ3v) is 7.82. The van der Waals surface area contributed by atoms with Crippen LogP contribution in [-0.2, 0) is 9.59 Å². The van der Waals surface area contributed by atoms with E-state index in [9.17, 15) is 9.59 Å². The number of ketones is 1. The van der Waals surface area contributed by atoms with Crippen molar-refractivity contribution in [3.63, 3.8) is 0 Å².